The molecule has 3 nitrogen and oxygen atoms in total. The maximum absolute atomic E-state index is 12.0. The highest BCUT2D eigenvalue weighted by Gasteiger charge is 2.41. The second kappa shape index (κ2) is 5.94. The highest BCUT2D eigenvalue weighted by Crippen LogP contribution is 2.32. The van der Waals surface area contributed by atoms with Gasteiger partial charge < -0.3 is 10.1 Å². The van der Waals surface area contributed by atoms with Crippen molar-refractivity contribution in [3.05, 3.63) is 42.0 Å². The molecule has 1 aromatic rings. The average Bonchev–Trinajstić information content (AvgIpc) is 2.90. The quantitative estimate of drug-likeness (QED) is 0.502. The van der Waals surface area contributed by atoms with E-state index in [0.717, 1.165) is 17.7 Å². The Labute approximate surface area is 127 Å². The van der Waals surface area contributed by atoms with E-state index in [1.165, 1.54) is 0 Å². The van der Waals surface area contributed by atoms with Crippen LogP contribution in [0.25, 0.3) is 5.70 Å². The van der Waals surface area contributed by atoms with Gasteiger partial charge in [-0.05, 0) is 25.8 Å². The fourth-order valence-corrected chi connectivity index (χ4v) is 2.70. The van der Waals surface area contributed by atoms with Crippen molar-refractivity contribution in [2.45, 2.75) is 29.7 Å². The second-order valence-corrected chi connectivity index (χ2v) is 6.95. The Morgan fingerprint density at radius 3 is 2.79 bits per heavy atom. The molecule has 19 heavy (non-hydrogen) atoms. The van der Waals surface area contributed by atoms with E-state index in [-0.39, 0.29) is 12.0 Å². The fourth-order valence-electron chi connectivity index (χ4n) is 2.13. The van der Waals surface area contributed by atoms with Gasteiger partial charge in [0.15, 0.2) is 0 Å². The van der Waals surface area contributed by atoms with Gasteiger partial charge in [-0.3, -0.25) is 4.79 Å². The number of halogens is 1. The van der Waals surface area contributed by atoms with Crippen molar-refractivity contribution in [1.29, 1.82) is 0 Å². The molecule has 0 fully saturated rings. The van der Waals surface area contributed by atoms with Crippen LogP contribution in [-0.2, 0) is 9.53 Å². The number of esters is 1. The van der Waals surface area contributed by atoms with Crippen LogP contribution in [-0.4, -0.2) is 22.0 Å². The second-order valence-electron chi connectivity index (χ2n) is 4.71. The first kappa shape index (κ1) is 14.4. The van der Waals surface area contributed by atoms with Gasteiger partial charge >= 0.3 is 5.97 Å². The molecule has 1 N–H and O–H groups in total. The van der Waals surface area contributed by atoms with Crippen LogP contribution in [0.2, 0.25) is 0 Å². The molecule has 0 saturated carbocycles. The minimum atomic E-state index is -0.555. The van der Waals surface area contributed by atoms with Crippen LogP contribution in [0.1, 0.15) is 25.8 Å². The summed E-state index contributed by atoms with van der Waals surface area (Å²) < 4.78 is 4.60. The van der Waals surface area contributed by atoms with Crippen LogP contribution in [0.4, 0.5) is 0 Å². The maximum Gasteiger partial charge on any atom is 0.323 e. The molecule has 0 spiro atoms. The van der Waals surface area contributed by atoms with E-state index < -0.39 is 3.42 Å². The smallest absolute Gasteiger partial charge is 0.323 e. The predicted molar refractivity (Wildman–Crippen MR) is 85.0 cm³/mol. The molecule has 0 saturated heterocycles. The molecule has 2 unspecified atom stereocenters. The maximum atomic E-state index is 12.0. The van der Waals surface area contributed by atoms with Crippen molar-refractivity contribution < 1.29 is 9.53 Å². The molecular weight excluding hydrogens is 353 g/mol. The molecule has 1 aromatic carbocycles. The van der Waals surface area contributed by atoms with E-state index >= 15 is 0 Å². The van der Waals surface area contributed by atoms with E-state index in [1.54, 1.807) is 0 Å². The zero-order valence-corrected chi connectivity index (χ0v) is 13.3. The number of ether oxygens (including phenoxy) is 1. The number of nitrogens with one attached hydrogen (secondary N) is 1. The fraction of sp³-hybridized carbons (Fsp3) is 0.400. The van der Waals surface area contributed by atoms with Crippen molar-refractivity contribution in [1.82, 2.24) is 5.32 Å². The number of carbonyl (C=O) groups is 1. The number of alkyl halides is 1. The predicted octanol–water partition coefficient (Wildman–Crippen LogP) is 3.15. The standard InChI is InChI=1S/C15H18INO2/c1-3-19-14(18)15(2,16)13-10-9-12(17-13)11-7-5-4-6-8-11/h4-9,13,17H,3,10H2,1-2H3. The molecule has 0 amide bonds. The van der Waals surface area contributed by atoms with Gasteiger partial charge in [-0.15, -0.1) is 0 Å². The van der Waals surface area contributed by atoms with E-state index in [9.17, 15) is 4.79 Å². The van der Waals surface area contributed by atoms with Gasteiger partial charge in [-0.2, -0.15) is 0 Å². The summed E-state index contributed by atoms with van der Waals surface area (Å²) in [4.78, 5) is 12.0. The van der Waals surface area contributed by atoms with Crippen LogP contribution in [0.15, 0.2) is 36.4 Å². The average molecular weight is 371 g/mol. The lowest BCUT2D eigenvalue weighted by molar-refractivity contribution is -0.145. The molecule has 102 valence electrons. The van der Waals surface area contributed by atoms with Crippen molar-refractivity contribution in [3.8, 4) is 0 Å². The zero-order chi connectivity index (χ0) is 13.9. The lowest BCUT2D eigenvalue weighted by Crippen LogP contribution is -2.47. The Morgan fingerprint density at radius 1 is 1.47 bits per heavy atom. The minimum absolute atomic E-state index is 0.0716. The highest BCUT2D eigenvalue weighted by molar-refractivity contribution is 14.1. The van der Waals surface area contributed by atoms with Crippen LogP contribution < -0.4 is 5.32 Å². The Balaban J connectivity index is 2.06. The Kier molecular flexibility index (Phi) is 4.50. The first-order valence-corrected chi connectivity index (χ1v) is 7.51. The monoisotopic (exact) mass is 371 g/mol. The molecule has 0 aliphatic carbocycles. The van der Waals surface area contributed by atoms with Crippen LogP contribution in [0.3, 0.4) is 0 Å². The highest BCUT2D eigenvalue weighted by atomic mass is 127. The third-order valence-electron chi connectivity index (χ3n) is 3.30. The van der Waals surface area contributed by atoms with E-state index in [0.29, 0.717) is 6.61 Å². The van der Waals surface area contributed by atoms with Crippen molar-refractivity contribution in [3.63, 3.8) is 0 Å². The molecule has 0 radical (unpaired) electrons. The molecular formula is C15H18INO2. The summed E-state index contributed by atoms with van der Waals surface area (Å²) in [6.07, 6.45) is 2.98. The normalized spacial score (nSPS) is 21.2. The van der Waals surface area contributed by atoms with Gasteiger partial charge in [-0.25, -0.2) is 0 Å². The largest absolute Gasteiger partial charge is 0.465 e. The molecule has 2 atom stereocenters. The van der Waals surface area contributed by atoms with Gasteiger partial charge in [0.2, 0.25) is 0 Å². The Morgan fingerprint density at radius 2 is 2.16 bits per heavy atom. The first-order valence-electron chi connectivity index (χ1n) is 6.44. The zero-order valence-electron chi connectivity index (χ0n) is 11.2. The summed E-state index contributed by atoms with van der Waals surface area (Å²) in [5.41, 5.74) is 2.25. The lowest BCUT2D eigenvalue weighted by atomic mass is 10.0. The Bertz CT molecular complexity index is 482. The van der Waals surface area contributed by atoms with Gasteiger partial charge in [-0.1, -0.05) is 59.0 Å². The van der Waals surface area contributed by atoms with Gasteiger partial charge in [0, 0.05) is 5.70 Å². The molecule has 1 aliphatic heterocycles. The van der Waals surface area contributed by atoms with Crippen LogP contribution >= 0.6 is 22.6 Å². The summed E-state index contributed by atoms with van der Waals surface area (Å²) in [6.45, 7) is 4.18. The van der Waals surface area contributed by atoms with E-state index in [1.807, 2.05) is 32.0 Å². The van der Waals surface area contributed by atoms with Crippen molar-refractivity contribution >= 4 is 34.3 Å². The van der Waals surface area contributed by atoms with E-state index in [2.05, 4.69) is 46.1 Å². The number of benzene rings is 1. The van der Waals surface area contributed by atoms with Crippen LogP contribution in [0.5, 0.6) is 0 Å². The number of hydrogen-bond acceptors (Lipinski definition) is 3. The van der Waals surface area contributed by atoms with Crippen molar-refractivity contribution in [2.75, 3.05) is 6.61 Å². The van der Waals surface area contributed by atoms with Gasteiger partial charge in [0.1, 0.15) is 3.42 Å². The summed E-state index contributed by atoms with van der Waals surface area (Å²) >= 11 is 2.19. The topological polar surface area (TPSA) is 38.3 Å². The first-order chi connectivity index (χ1) is 9.05. The van der Waals surface area contributed by atoms with Gasteiger partial charge in [0.05, 0.1) is 12.6 Å². The Hall–Kier alpha value is -1.04. The van der Waals surface area contributed by atoms with Crippen LogP contribution in [0, 0.1) is 0 Å². The molecule has 2 rings (SSSR count). The van der Waals surface area contributed by atoms with Gasteiger partial charge in [0.25, 0.3) is 0 Å². The number of carbonyl (C=O) groups excluding carboxylic acids is 1. The lowest BCUT2D eigenvalue weighted by Gasteiger charge is -2.28. The third kappa shape index (κ3) is 3.11. The molecule has 1 heterocycles. The summed E-state index contributed by atoms with van der Waals surface area (Å²) in [6, 6.07) is 10.2. The summed E-state index contributed by atoms with van der Waals surface area (Å²) in [5.74, 6) is -0.157. The van der Waals surface area contributed by atoms with Crippen molar-refractivity contribution in [2.24, 2.45) is 0 Å². The molecule has 0 bridgehead atoms. The molecule has 0 aromatic heterocycles. The molecule has 4 heteroatoms. The number of rotatable bonds is 4. The third-order valence-corrected chi connectivity index (χ3v) is 4.49. The minimum Gasteiger partial charge on any atom is -0.465 e. The SMILES string of the molecule is CCOC(=O)C(C)(I)C1CC=C(c2ccccc2)N1. The van der Waals surface area contributed by atoms with E-state index in [4.69, 9.17) is 4.74 Å². The summed E-state index contributed by atoms with van der Waals surface area (Å²) in [5, 5.41) is 3.44. The number of hydrogen-bond donors (Lipinski definition) is 1. The molecule has 1 aliphatic rings. The summed E-state index contributed by atoms with van der Waals surface area (Å²) in [7, 11) is 0.